The summed E-state index contributed by atoms with van der Waals surface area (Å²) in [6.45, 7) is 0. The van der Waals surface area contributed by atoms with Gasteiger partial charge in [0.05, 0.1) is 19.3 Å². The highest BCUT2D eigenvalue weighted by molar-refractivity contribution is 7.89. The summed E-state index contributed by atoms with van der Waals surface area (Å²) >= 11 is 5.64. The van der Waals surface area contributed by atoms with Crippen LogP contribution in [0.3, 0.4) is 0 Å². The topological polar surface area (TPSA) is 85.4 Å². The Labute approximate surface area is 139 Å². The number of pyridine rings is 1. The zero-order valence-electron chi connectivity index (χ0n) is 12.3. The minimum Gasteiger partial charge on any atom is -0.496 e. The molecule has 0 saturated heterocycles. The van der Waals surface area contributed by atoms with Crippen molar-refractivity contribution in [3.8, 4) is 5.75 Å². The molecule has 0 aliphatic carbocycles. The molecule has 122 valence electrons. The van der Waals surface area contributed by atoms with Crippen LogP contribution in [-0.4, -0.2) is 26.4 Å². The van der Waals surface area contributed by atoms with Crippen molar-refractivity contribution in [2.75, 3.05) is 7.11 Å². The van der Waals surface area contributed by atoms with Crippen molar-refractivity contribution in [3.05, 3.63) is 58.9 Å². The summed E-state index contributed by atoms with van der Waals surface area (Å²) in [6.07, 6.45) is 1.26. The van der Waals surface area contributed by atoms with Gasteiger partial charge in [0.15, 0.2) is 0 Å². The van der Waals surface area contributed by atoms with E-state index in [1.807, 2.05) is 4.72 Å². The first-order chi connectivity index (χ1) is 10.9. The molecule has 0 aliphatic rings. The number of methoxy groups -OCH3 is 1. The van der Waals surface area contributed by atoms with E-state index in [-0.39, 0.29) is 17.3 Å². The van der Waals surface area contributed by atoms with Crippen LogP contribution in [0.5, 0.6) is 5.75 Å². The first-order valence-corrected chi connectivity index (χ1v) is 8.68. The molecule has 1 aromatic heterocycles. The Hall–Kier alpha value is -2.12. The van der Waals surface area contributed by atoms with Crippen LogP contribution >= 0.6 is 11.6 Å². The fourth-order valence-electron chi connectivity index (χ4n) is 1.98. The fraction of sp³-hybridized carbons (Fsp3) is 0.200. The monoisotopic (exact) mass is 354 g/mol. The van der Waals surface area contributed by atoms with Crippen LogP contribution in [-0.2, 0) is 27.0 Å². The Bertz CT molecular complexity index is 791. The van der Waals surface area contributed by atoms with Crippen molar-refractivity contribution in [2.24, 2.45) is 0 Å². The quantitative estimate of drug-likeness (QED) is 0.801. The van der Waals surface area contributed by atoms with Gasteiger partial charge in [-0.25, -0.2) is 13.4 Å². The van der Waals surface area contributed by atoms with Crippen LogP contribution in [0.2, 0.25) is 5.15 Å². The number of carbonyl (C=O) groups is 1. The summed E-state index contributed by atoms with van der Waals surface area (Å²) in [4.78, 5) is 15.8. The molecule has 0 bridgehead atoms. The number of hydrogen-bond acceptors (Lipinski definition) is 5. The molecule has 0 aliphatic heterocycles. The maximum atomic E-state index is 12.0. The second kappa shape index (κ2) is 7.43. The highest BCUT2D eigenvalue weighted by Gasteiger charge is 2.17. The minimum absolute atomic E-state index is 0.0951. The van der Waals surface area contributed by atoms with E-state index in [1.54, 1.807) is 30.3 Å². The predicted octanol–water partition coefficient (Wildman–Crippen LogP) is 1.93. The van der Waals surface area contributed by atoms with Gasteiger partial charge >= 0.3 is 0 Å². The van der Waals surface area contributed by atoms with Crippen molar-refractivity contribution < 1.29 is 17.9 Å². The van der Waals surface area contributed by atoms with Crippen molar-refractivity contribution in [3.63, 3.8) is 0 Å². The number of carbonyl (C=O) groups excluding carboxylic acids is 1. The van der Waals surface area contributed by atoms with Gasteiger partial charge in [-0.05, 0) is 17.7 Å². The van der Waals surface area contributed by atoms with Crippen LogP contribution in [0.4, 0.5) is 0 Å². The summed E-state index contributed by atoms with van der Waals surface area (Å²) < 4.78 is 31.2. The van der Waals surface area contributed by atoms with Crippen molar-refractivity contribution in [1.29, 1.82) is 0 Å². The minimum atomic E-state index is -3.81. The molecule has 6 nitrogen and oxygen atoms in total. The number of aromatic nitrogens is 1. The van der Waals surface area contributed by atoms with Crippen molar-refractivity contribution in [1.82, 2.24) is 9.71 Å². The van der Waals surface area contributed by atoms with Gasteiger partial charge in [0.25, 0.3) is 0 Å². The average Bonchev–Trinajstić information content (AvgIpc) is 2.49. The number of rotatable bonds is 6. The van der Waals surface area contributed by atoms with E-state index in [4.69, 9.17) is 16.3 Å². The van der Waals surface area contributed by atoms with Crippen molar-refractivity contribution >= 4 is 27.5 Å². The number of hydrogen-bond donors (Lipinski definition) is 1. The maximum absolute atomic E-state index is 12.0. The lowest BCUT2D eigenvalue weighted by molar-refractivity contribution is -0.118. The molecule has 1 aromatic carbocycles. The van der Waals surface area contributed by atoms with Gasteiger partial charge in [-0.2, -0.15) is 0 Å². The third-order valence-electron chi connectivity index (χ3n) is 2.96. The highest BCUT2D eigenvalue weighted by atomic mass is 35.5. The summed E-state index contributed by atoms with van der Waals surface area (Å²) in [5, 5.41) is 0.270. The van der Waals surface area contributed by atoms with E-state index in [1.165, 1.54) is 19.4 Å². The standard InChI is InChI=1S/C15H15ClN2O4S/c1-22-13-5-3-2-4-12(13)8-15(19)18-23(20,21)10-11-6-7-14(16)17-9-11/h2-7,9H,8,10H2,1H3,(H,18,19). The molecule has 0 spiro atoms. The number of ether oxygens (including phenoxy) is 1. The van der Waals surface area contributed by atoms with E-state index in [0.29, 0.717) is 16.9 Å². The molecule has 0 fully saturated rings. The Kier molecular flexibility index (Phi) is 5.57. The smallest absolute Gasteiger partial charge is 0.239 e. The molecule has 23 heavy (non-hydrogen) atoms. The third-order valence-corrected chi connectivity index (χ3v) is 4.43. The summed E-state index contributed by atoms with van der Waals surface area (Å²) in [5.41, 5.74) is 1.04. The van der Waals surface area contributed by atoms with Gasteiger partial charge in [0.2, 0.25) is 15.9 Å². The fourth-order valence-corrected chi connectivity index (χ4v) is 3.19. The highest BCUT2D eigenvalue weighted by Crippen LogP contribution is 2.17. The van der Waals surface area contributed by atoms with E-state index < -0.39 is 15.9 Å². The largest absolute Gasteiger partial charge is 0.496 e. The van der Waals surface area contributed by atoms with E-state index in [9.17, 15) is 13.2 Å². The lowest BCUT2D eigenvalue weighted by atomic mass is 10.1. The second-order valence-electron chi connectivity index (χ2n) is 4.76. The molecule has 0 saturated carbocycles. The van der Waals surface area contributed by atoms with E-state index in [2.05, 4.69) is 4.98 Å². The van der Waals surface area contributed by atoms with Gasteiger partial charge < -0.3 is 4.74 Å². The molecule has 0 atom stereocenters. The van der Waals surface area contributed by atoms with E-state index >= 15 is 0 Å². The summed E-state index contributed by atoms with van der Waals surface area (Å²) in [6, 6.07) is 9.95. The van der Waals surface area contributed by atoms with Crippen LogP contribution in [0.1, 0.15) is 11.1 Å². The van der Waals surface area contributed by atoms with Gasteiger partial charge in [-0.1, -0.05) is 35.9 Å². The molecule has 1 amide bonds. The lowest BCUT2D eigenvalue weighted by Gasteiger charge is -2.09. The SMILES string of the molecule is COc1ccccc1CC(=O)NS(=O)(=O)Cc1ccc(Cl)nc1. The first kappa shape index (κ1) is 17.2. The average molecular weight is 355 g/mol. The normalized spacial score (nSPS) is 11.0. The number of nitrogens with zero attached hydrogens (tertiary/aromatic N) is 1. The molecule has 2 aromatic rings. The Morgan fingerprint density at radius 1 is 1.26 bits per heavy atom. The predicted molar refractivity (Wildman–Crippen MR) is 86.7 cm³/mol. The molecular formula is C15H15ClN2O4S. The zero-order valence-corrected chi connectivity index (χ0v) is 13.9. The van der Waals surface area contributed by atoms with E-state index in [0.717, 1.165) is 0 Å². The molecule has 1 N–H and O–H groups in total. The number of nitrogens with one attached hydrogen (secondary N) is 1. The van der Waals surface area contributed by atoms with Gasteiger partial charge in [-0.3, -0.25) is 9.52 Å². The molecule has 1 heterocycles. The molecule has 8 heteroatoms. The molecule has 2 rings (SSSR count). The van der Waals surface area contributed by atoms with Crippen LogP contribution in [0.15, 0.2) is 42.6 Å². The van der Waals surface area contributed by atoms with Gasteiger partial charge in [0.1, 0.15) is 10.9 Å². The molecule has 0 radical (unpaired) electrons. The Balaban J connectivity index is 2.02. The second-order valence-corrected chi connectivity index (χ2v) is 6.87. The third kappa shape index (κ3) is 5.22. The zero-order chi connectivity index (χ0) is 16.9. The Morgan fingerprint density at radius 3 is 2.65 bits per heavy atom. The lowest BCUT2D eigenvalue weighted by Crippen LogP contribution is -2.32. The van der Waals surface area contributed by atoms with Crippen LogP contribution in [0, 0.1) is 0 Å². The molecule has 0 unspecified atom stereocenters. The first-order valence-electron chi connectivity index (χ1n) is 6.65. The number of halogens is 1. The van der Waals surface area contributed by atoms with Crippen LogP contribution in [0.25, 0.3) is 0 Å². The number of para-hydroxylation sites is 1. The van der Waals surface area contributed by atoms with Crippen molar-refractivity contribution in [2.45, 2.75) is 12.2 Å². The number of amides is 1. The summed E-state index contributed by atoms with van der Waals surface area (Å²) in [5.74, 6) is -0.451. The molecular weight excluding hydrogens is 340 g/mol. The van der Waals surface area contributed by atoms with Crippen LogP contribution < -0.4 is 9.46 Å². The Morgan fingerprint density at radius 2 is 2.00 bits per heavy atom. The number of benzene rings is 1. The van der Waals surface area contributed by atoms with Gasteiger partial charge in [-0.15, -0.1) is 0 Å². The maximum Gasteiger partial charge on any atom is 0.239 e. The summed E-state index contributed by atoms with van der Waals surface area (Å²) in [7, 11) is -2.32. The van der Waals surface area contributed by atoms with Gasteiger partial charge in [0, 0.05) is 11.8 Å². The number of sulfonamides is 1.